The van der Waals surface area contributed by atoms with Gasteiger partial charge in [0, 0.05) is 16.5 Å². The number of nitrogens with zero attached hydrogens (tertiary/aromatic N) is 1. The maximum Gasteiger partial charge on any atom is 0.0578 e. The van der Waals surface area contributed by atoms with E-state index in [1.165, 1.54) is 38.6 Å². The summed E-state index contributed by atoms with van der Waals surface area (Å²) in [5.74, 6) is 0. The highest BCUT2D eigenvalue weighted by molar-refractivity contribution is 6.10. The highest BCUT2D eigenvalue weighted by Gasteiger charge is 2.22. The van der Waals surface area contributed by atoms with Gasteiger partial charge < -0.3 is 4.57 Å². The van der Waals surface area contributed by atoms with Crippen LogP contribution in [0, 0.1) is 0 Å². The van der Waals surface area contributed by atoms with Gasteiger partial charge in [-0.2, -0.15) is 0 Å². The number of hydrogen-bond donors (Lipinski definition) is 0. The lowest BCUT2D eigenvalue weighted by molar-refractivity contribution is 0.590. The van der Waals surface area contributed by atoms with Gasteiger partial charge in [0.05, 0.1) is 11.0 Å². The second-order valence-corrected chi connectivity index (χ2v) is 9.60. The fourth-order valence-corrected chi connectivity index (χ4v) is 4.00. The van der Waals surface area contributed by atoms with Crippen LogP contribution in [0.15, 0.2) is 66.7 Å². The number of fused-ring (bicyclic) bond motifs is 3. The van der Waals surface area contributed by atoms with Gasteiger partial charge >= 0.3 is 0 Å². The van der Waals surface area contributed by atoms with E-state index >= 15 is 0 Å². The van der Waals surface area contributed by atoms with E-state index in [2.05, 4.69) is 113 Å². The first-order valence-electron chi connectivity index (χ1n) is 9.81. The molecule has 0 saturated heterocycles. The molecule has 0 bridgehead atoms. The van der Waals surface area contributed by atoms with Crippen molar-refractivity contribution in [2.75, 3.05) is 0 Å². The van der Waals surface area contributed by atoms with Gasteiger partial charge in [0.1, 0.15) is 0 Å². The molecule has 1 heteroatoms. The molecule has 0 aliphatic rings. The molecule has 4 aromatic rings. The first-order chi connectivity index (χ1) is 12.7. The van der Waals surface area contributed by atoms with Crippen LogP contribution in [0.4, 0.5) is 0 Å². The third kappa shape index (κ3) is 2.96. The van der Waals surface area contributed by atoms with Crippen LogP contribution in [0.2, 0.25) is 0 Å². The van der Waals surface area contributed by atoms with Gasteiger partial charge in [-0.25, -0.2) is 0 Å². The molecular formula is C26H29N. The Labute approximate surface area is 162 Å². The SMILES string of the molecule is CC(C)(C)c1ccc(-n2c3ccccc3c3cccc(C(C)(C)C)c32)cc1. The van der Waals surface area contributed by atoms with Crippen LogP contribution in [0.25, 0.3) is 27.5 Å². The van der Waals surface area contributed by atoms with Crippen molar-refractivity contribution in [2.24, 2.45) is 0 Å². The van der Waals surface area contributed by atoms with Crippen LogP contribution in [0.1, 0.15) is 52.7 Å². The molecule has 0 unspecified atom stereocenters. The molecular weight excluding hydrogens is 326 g/mol. The zero-order valence-electron chi connectivity index (χ0n) is 17.3. The Morgan fingerprint density at radius 1 is 0.593 bits per heavy atom. The Morgan fingerprint density at radius 3 is 1.85 bits per heavy atom. The van der Waals surface area contributed by atoms with E-state index < -0.39 is 0 Å². The second-order valence-electron chi connectivity index (χ2n) is 9.60. The normalized spacial score (nSPS) is 12.8. The Hall–Kier alpha value is -2.54. The summed E-state index contributed by atoms with van der Waals surface area (Å²) in [6.45, 7) is 13.7. The largest absolute Gasteiger partial charge is 0.309 e. The predicted molar refractivity (Wildman–Crippen MR) is 118 cm³/mol. The molecule has 4 rings (SSSR count). The van der Waals surface area contributed by atoms with Crippen molar-refractivity contribution in [1.82, 2.24) is 4.57 Å². The maximum absolute atomic E-state index is 2.44. The molecule has 0 fully saturated rings. The minimum absolute atomic E-state index is 0.0803. The monoisotopic (exact) mass is 355 g/mol. The highest BCUT2D eigenvalue weighted by atomic mass is 15.0. The molecule has 3 aromatic carbocycles. The molecule has 0 N–H and O–H groups in total. The summed E-state index contributed by atoms with van der Waals surface area (Å²) in [4.78, 5) is 0. The van der Waals surface area contributed by atoms with Crippen molar-refractivity contribution in [3.8, 4) is 5.69 Å². The number of hydrogen-bond acceptors (Lipinski definition) is 0. The summed E-state index contributed by atoms with van der Waals surface area (Å²) in [6, 6.07) is 24.6. The lowest BCUT2D eigenvalue weighted by Crippen LogP contribution is -2.13. The average molecular weight is 356 g/mol. The quantitative estimate of drug-likeness (QED) is 0.336. The summed E-state index contributed by atoms with van der Waals surface area (Å²) >= 11 is 0. The minimum atomic E-state index is 0.0803. The van der Waals surface area contributed by atoms with Gasteiger partial charge in [-0.15, -0.1) is 0 Å². The average Bonchev–Trinajstić information content (AvgIpc) is 2.95. The molecule has 0 atom stereocenters. The Kier molecular flexibility index (Phi) is 3.96. The highest BCUT2D eigenvalue weighted by Crippen LogP contribution is 2.38. The van der Waals surface area contributed by atoms with E-state index in [4.69, 9.17) is 0 Å². The summed E-state index contributed by atoms with van der Waals surface area (Å²) in [7, 11) is 0. The van der Waals surface area contributed by atoms with E-state index in [0.717, 1.165) is 0 Å². The fraction of sp³-hybridized carbons (Fsp3) is 0.308. The van der Waals surface area contributed by atoms with E-state index in [0.29, 0.717) is 0 Å². The van der Waals surface area contributed by atoms with Crippen molar-refractivity contribution < 1.29 is 0 Å². The molecule has 0 radical (unpaired) electrons. The molecule has 0 aliphatic carbocycles. The van der Waals surface area contributed by atoms with E-state index in [1.54, 1.807) is 0 Å². The van der Waals surface area contributed by atoms with Gasteiger partial charge in [-0.3, -0.25) is 0 Å². The van der Waals surface area contributed by atoms with Crippen LogP contribution in [-0.2, 0) is 10.8 Å². The van der Waals surface area contributed by atoms with Crippen LogP contribution in [0.5, 0.6) is 0 Å². The van der Waals surface area contributed by atoms with Crippen molar-refractivity contribution in [2.45, 2.75) is 52.4 Å². The molecule has 0 saturated carbocycles. The summed E-state index contributed by atoms with van der Waals surface area (Å²) in [5.41, 5.74) is 6.82. The lowest BCUT2D eigenvalue weighted by atomic mass is 9.85. The minimum Gasteiger partial charge on any atom is -0.309 e. The van der Waals surface area contributed by atoms with Crippen molar-refractivity contribution in [3.05, 3.63) is 77.9 Å². The standard InChI is InChI=1S/C26H29N/c1-25(2,3)18-14-16-19(17-15-18)27-23-13-8-7-10-20(23)21-11-9-12-22(24(21)27)26(4,5)6/h7-17H,1-6H3. The van der Waals surface area contributed by atoms with Crippen molar-refractivity contribution in [1.29, 1.82) is 0 Å². The number of rotatable bonds is 1. The van der Waals surface area contributed by atoms with Crippen LogP contribution >= 0.6 is 0 Å². The van der Waals surface area contributed by atoms with E-state index in [1.807, 2.05) is 0 Å². The Morgan fingerprint density at radius 2 is 1.22 bits per heavy atom. The zero-order chi connectivity index (χ0) is 19.4. The molecule has 1 nitrogen and oxygen atoms in total. The van der Waals surface area contributed by atoms with E-state index in [-0.39, 0.29) is 10.8 Å². The maximum atomic E-state index is 2.44. The third-order valence-corrected chi connectivity index (χ3v) is 5.49. The van der Waals surface area contributed by atoms with Gasteiger partial charge in [0.15, 0.2) is 0 Å². The van der Waals surface area contributed by atoms with Gasteiger partial charge in [0.25, 0.3) is 0 Å². The molecule has 0 aliphatic heterocycles. The molecule has 1 heterocycles. The number of para-hydroxylation sites is 2. The Bertz CT molecular complexity index is 1110. The number of aromatic nitrogens is 1. The topological polar surface area (TPSA) is 4.93 Å². The van der Waals surface area contributed by atoms with Gasteiger partial charge in [-0.05, 0) is 40.2 Å². The summed E-state index contributed by atoms with van der Waals surface area (Å²) in [6.07, 6.45) is 0. The predicted octanol–water partition coefficient (Wildman–Crippen LogP) is 7.38. The van der Waals surface area contributed by atoms with Crippen molar-refractivity contribution >= 4 is 21.8 Å². The van der Waals surface area contributed by atoms with Gasteiger partial charge in [0.2, 0.25) is 0 Å². The molecule has 0 amide bonds. The second kappa shape index (κ2) is 5.99. The third-order valence-electron chi connectivity index (χ3n) is 5.49. The molecule has 1 aromatic heterocycles. The fourth-order valence-electron chi connectivity index (χ4n) is 4.00. The van der Waals surface area contributed by atoms with Crippen molar-refractivity contribution in [3.63, 3.8) is 0 Å². The van der Waals surface area contributed by atoms with E-state index in [9.17, 15) is 0 Å². The van der Waals surface area contributed by atoms with Crippen LogP contribution < -0.4 is 0 Å². The van der Waals surface area contributed by atoms with Crippen LogP contribution in [-0.4, -0.2) is 4.57 Å². The summed E-state index contributed by atoms with van der Waals surface area (Å²) < 4.78 is 2.44. The zero-order valence-corrected chi connectivity index (χ0v) is 17.3. The van der Waals surface area contributed by atoms with Gasteiger partial charge in [-0.1, -0.05) is 90.1 Å². The van der Waals surface area contributed by atoms with Crippen LogP contribution in [0.3, 0.4) is 0 Å². The molecule has 0 spiro atoms. The Balaban J connectivity index is 2.09. The number of benzene rings is 3. The first kappa shape index (κ1) is 17.9. The molecule has 138 valence electrons. The lowest BCUT2D eigenvalue weighted by Gasteiger charge is -2.23. The smallest absolute Gasteiger partial charge is 0.0578 e. The molecule has 27 heavy (non-hydrogen) atoms. The first-order valence-corrected chi connectivity index (χ1v) is 9.81. The summed E-state index contributed by atoms with van der Waals surface area (Å²) in [5, 5.41) is 2.65.